The molecule has 6 nitrogen and oxygen atoms in total. The molecule has 0 N–H and O–H groups in total. The Labute approximate surface area is 141 Å². The quantitative estimate of drug-likeness (QED) is 0.625. The summed E-state index contributed by atoms with van der Waals surface area (Å²) in [5, 5.41) is 10.7. The SMILES string of the molecule is O=[N+]([O-])c1ccc(N2CCN(C/C=C/c3ccccc3)CC2)nc1. The number of nitrogens with zero attached hydrogens (tertiary/aromatic N) is 4. The number of hydrogen-bond donors (Lipinski definition) is 0. The predicted octanol–water partition coefficient (Wildman–Crippen LogP) is 2.83. The van der Waals surface area contributed by atoms with Crippen molar-refractivity contribution in [3.05, 3.63) is 70.4 Å². The van der Waals surface area contributed by atoms with E-state index in [-0.39, 0.29) is 5.69 Å². The van der Waals surface area contributed by atoms with Crippen molar-refractivity contribution < 1.29 is 4.92 Å². The molecule has 0 saturated carbocycles. The Balaban J connectivity index is 1.48. The first kappa shape index (κ1) is 16.1. The summed E-state index contributed by atoms with van der Waals surface area (Å²) in [6.07, 6.45) is 5.66. The molecule has 0 spiro atoms. The highest BCUT2D eigenvalue weighted by atomic mass is 16.6. The summed E-state index contributed by atoms with van der Waals surface area (Å²) in [6.45, 7) is 4.60. The topological polar surface area (TPSA) is 62.5 Å². The molecule has 1 fully saturated rings. The Kier molecular flexibility index (Phi) is 5.18. The second-order valence-electron chi connectivity index (χ2n) is 5.73. The third kappa shape index (κ3) is 4.17. The molecule has 2 aromatic rings. The Hall–Kier alpha value is -2.73. The zero-order chi connectivity index (χ0) is 16.8. The molecule has 124 valence electrons. The molecule has 0 amide bonds. The molecule has 24 heavy (non-hydrogen) atoms. The molecule has 1 aliphatic rings. The second-order valence-corrected chi connectivity index (χ2v) is 5.73. The largest absolute Gasteiger partial charge is 0.354 e. The molecule has 1 aromatic heterocycles. The molecule has 3 rings (SSSR count). The van der Waals surface area contributed by atoms with Crippen LogP contribution in [0.1, 0.15) is 5.56 Å². The van der Waals surface area contributed by atoms with Gasteiger partial charge in [0.2, 0.25) is 0 Å². The van der Waals surface area contributed by atoms with Gasteiger partial charge in [0.05, 0.1) is 4.92 Å². The van der Waals surface area contributed by atoms with Gasteiger partial charge in [-0.3, -0.25) is 15.0 Å². The van der Waals surface area contributed by atoms with Crippen LogP contribution in [0.2, 0.25) is 0 Å². The van der Waals surface area contributed by atoms with Gasteiger partial charge in [-0.15, -0.1) is 0 Å². The lowest BCUT2D eigenvalue weighted by Gasteiger charge is -2.34. The van der Waals surface area contributed by atoms with Crippen LogP contribution in [0.25, 0.3) is 6.08 Å². The standard InChI is InChI=1S/C18H20N4O2/c23-22(24)17-8-9-18(19-15-17)21-13-11-20(12-14-21)10-4-7-16-5-2-1-3-6-16/h1-9,15H,10-14H2/b7-4+. The van der Waals surface area contributed by atoms with Crippen LogP contribution < -0.4 is 4.90 Å². The number of rotatable bonds is 5. The van der Waals surface area contributed by atoms with E-state index < -0.39 is 4.92 Å². The molecular formula is C18H20N4O2. The molecule has 0 atom stereocenters. The summed E-state index contributed by atoms with van der Waals surface area (Å²) < 4.78 is 0. The first-order valence-electron chi connectivity index (χ1n) is 8.02. The van der Waals surface area contributed by atoms with E-state index in [1.165, 1.54) is 17.8 Å². The summed E-state index contributed by atoms with van der Waals surface area (Å²) in [6, 6.07) is 13.5. The van der Waals surface area contributed by atoms with Crippen molar-refractivity contribution in [3.8, 4) is 0 Å². The van der Waals surface area contributed by atoms with E-state index in [0.717, 1.165) is 38.5 Å². The number of hydrogen-bond acceptors (Lipinski definition) is 5. The molecule has 0 unspecified atom stereocenters. The lowest BCUT2D eigenvalue weighted by atomic mass is 10.2. The Morgan fingerprint density at radius 2 is 1.83 bits per heavy atom. The van der Waals surface area contributed by atoms with Crippen molar-refractivity contribution in [3.63, 3.8) is 0 Å². The van der Waals surface area contributed by atoms with Crippen LogP contribution in [-0.4, -0.2) is 47.5 Å². The van der Waals surface area contributed by atoms with Gasteiger partial charge < -0.3 is 4.90 Å². The third-order valence-electron chi connectivity index (χ3n) is 4.11. The van der Waals surface area contributed by atoms with Crippen LogP contribution in [0.15, 0.2) is 54.7 Å². The van der Waals surface area contributed by atoms with Crippen molar-refractivity contribution in [2.75, 3.05) is 37.6 Å². The van der Waals surface area contributed by atoms with Crippen molar-refractivity contribution in [1.82, 2.24) is 9.88 Å². The van der Waals surface area contributed by atoms with E-state index >= 15 is 0 Å². The third-order valence-corrected chi connectivity index (χ3v) is 4.11. The smallest absolute Gasteiger partial charge is 0.287 e. The average molecular weight is 324 g/mol. The van der Waals surface area contributed by atoms with Crippen molar-refractivity contribution >= 4 is 17.6 Å². The van der Waals surface area contributed by atoms with Crippen LogP contribution in [0.4, 0.5) is 11.5 Å². The van der Waals surface area contributed by atoms with Gasteiger partial charge in [0.25, 0.3) is 5.69 Å². The molecule has 2 heterocycles. The zero-order valence-corrected chi connectivity index (χ0v) is 13.4. The van der Waals surface area contributed by atoms with Crippen LogP contribution in [0, 0.1) is 10.1 Å². The van der Waals surface area contributed by atoms with E-state index in [4.69, 9.17) is 0 Å². The maximum atomic E-state index is 10.7. The van der Waals surface area contributed by atoms with Crippen molar-refractivity contribution in [2.45, 2.75) is 0 Å². The Morgan fingerprint density at radius 3 is 2.46 bits per heavy atom. The molecule has 6 heteroatoms. The number of benzene rings is 1. The van der Waals surface area contributed by atoms with E-state index in [2.05, 4.69) is 39.1 Å². The fourth-order valence-corrected chi connectivity index (χ4v) is 2.73. The lowest BCUT2D eigenvalue weighted by molar-refractivity contribution is -0.385. The maximum Gasteiger partial charge on any atom is 0.287 e. The fraction of sp³-hybridized carbons (Fsp3) is 0.278. The first-order chi connectivity index (χ1) is 11.7. The number of anilines is 1. The number of pyridine rings is 1. The molecule has 1 aliphatic heterocycles. The molecule has 1 saturated heterocycles. The molecule has 0 aliphatic carbocycles. The lowest BCUT2D eigenvalue weighted by Crippen LogP contribution is -2.46. The van der Waals surface area contributed by atoms with Gasteiger partial charge in [0.1, 0.15) is 12.0 Å². The fourth-order valence-electron chi connectivity index (χ4n) is 2.73. The summed E-state index contributed by atoms with van der Waals surface area (Å²) in [4.78, 5) is 19.0. The van der Waals surface area contributed by atoms with Gasteiger partial charge >= 0.3 is 0 Å². The van der Waals surface area contributed by atoms with Crippen LogP contribution >= 0.6 is 0 Å². The summed E-state index contributed by atoms with van der Waals surface area (Å²) in [5.41, 5.74) is 1.25. The summed E-state index contributed by atoms with van der Waals surface area (Å²) in [5.74, 6) is 0.806. The Morgan fingerprint density at radius 1 is 1.08 bits per heavy atom. The number of piperazine rings is 1. The highest BCUT2D eigenvalue weighted by Crippen LogP contribution is 2.17. The van der Waals surface area contributed by atoms with Gasteiger partial charge in [0.15, 0.2) is 0 Å². The van der Waals surface area contributed by atoms with Gasteiger partial charge in [-0.1, -0.05) is 42.5 Å². The highest BCUT2D eigenvalue weighted by Gasteiger charge is 2.17. The number of aromatic nitrogens is 1. The van der Waals surface area contributed by atoms with Crippen LogP contribution in [-0.2, 0) is 0 Å². The highest BCUT2D eigenvalue weighted by molar-refractivity contribution is 5.49. The van der Waals surface area contributed by atoms with E-state index in [1.807, 2.05) is 18.2 Å². The van der Waals surface area contributed by atoms with Crippen LogP contribution in [0.3, 0.4) is 0 Å². The van der Waals surface area contributed by atoms with Gasteiger partial charge in [0, 0.05) is 38.8 Å². The van der Waals surface area contributed by atoms with E-state index in [0.29, 0.717) is 0 Å². The molecule has 0 bridgehead atoms. The van der Waals surface area contributed by atoms with Gasteiger partial charge in [-0.2, -0.15) is 0 Å². The number of nitro groups is 1. The Bertz CT molecular complexity index is 693. The predicted molar refractivity (Wildman–Crippen MR) is 95.0 cm³/mol. The normalized spacial score (nSPS) is 15.8. The van der Waals surface area contributed by atoms with Gasteiger partial charge in [-0.05, 0) is 11.6 Å². The van der Waals surface area contributed by atoms with Crippen molar-refractivity contribution in [2.24, 2.45) is 0 Å². The van der Waals surface area contributed by atoms with E-state index in [9.17, 15) is 10.1 Å². The van der Waals surface area contributed by atoms with Gasteiger partial charge in [-0.25, -0.2) is 4.98 Å². The summed E-state index contributed by atoms with van der Waals surface area (Å²) in [7, 11) is 0. The minimum Gasteiger partial charge on any atom is -0.354 e. The molecule has 0 radical (unpaired) electrons. The molecular weight excluding hydrogens is 304 g/mol. The first-order valence-corrected chi connectivity index (χ1v) is 8.02. The van der Waals surface area contributed by atoms with Crippen LogP contribution in [0.5, 0.6) is 0 Å². The second kappa shape index (κ2) is 7.70. The average Bonchev–Trinajstić information content (AvgIpc) is 2.63. The minimum absolute atomic E-state index is 0.0310. The maximum absolute atomic E-state index is 10.7. The summed E-state index contributed by atoms with van der Waals surface area (Å²) >= 11 is 0. The monoisotopic (exact) mass is 324 g/mol. The van der Waals surface area contributed by atoms with E-state index in [1.54, 1.807) is 6.07 Å². The minimum atomic E-state index is -0.423. The molecule has 1 aromatic carbocycles. The zero-order valence-electron chi connectivity index (χ0n) is 13.4. The van der Waals surface area contributed by atoms with Crippen molar-refractivity contribution in [1.29, 1.82) is 0 Å².